The molecule has 3 aromatic carbocycles. The highest BCUT2D eigenvalue weighted by atomic mass is 16.6. The van der Waals surface area contributed by atoms with Crippen LogP contribution in [0, 0.1) is 15.5 Å². The molecule has 0 fully saturated rings. The Hall–Kier alpha value is -4.33. The van der Waals surface area contributed by atoms with E-state index in [9.17, 15) is 14.9 Å². The van der Waals surface area contributed by atoms with Crippen LogP contribution in [0.1, 0.15) is 22.6 Å². The van der Waals surface area contributed by atoms with Crippen molar-refractivity contribution in [2.24, 2.45) is 10.7 Å². The monoisotopic (exact) mass is 399 g/mol. The molecule has 0 spiro atoms. The first-order valence-electron chi connectivity index (χ1n) is 9.11. The highest BCUT2D eigenvalue weighted by molar-refractivity contribution is 6.24. The van der Waals surface area contributed by atoms with Gasteiger partial charge in [0.2, 0.25) is 5.91 Å². The van der Waals surface area contributed by atoms with Crippen molar-refractivity contribution in [2.75, 3.05) is 5.32 Å². The lowest BCUT2D eigenvalue weighted by Gasteiger charge is -2.14. The van der Waals surface area contributed by atoms with Crippen molar-refractivity contribution in [2.45, 2.75) is 5.92 Å². The van der Waals surface area contributed by atoms with Gasteiger partial charge in [0, 0.05) is 28.9 Å². The molecule has 1 atom stereocenters. The summed E-state index contributed by atoms with van der Waals surface area (Å²) in [5, 5.41) is 21.6. The Morgan fingerprint density at radius 2 is 1.73 bits per heavy atom. The van der Waals surface area contributed by atoms with E-state index in [1.807, 2.05) is 30.3 Å². The van der Waals surface area contributed by atoms with Crippen LogP contribution in [0.15, 0.2) is 77.8 Å². The third-order valence-electron chi connectivity index (χ3n) is 4.85. The summed E-state index contributed by atoms with van der Waals surface area (Å²) in [7, 11) is 0. The van der Waals surface area contributed by atoms with Gasteiger partial charge < -0.3 is 11.1 Å². The number of benzene rings is 3. The quantitative estimate of drug-likeness (QED) is 0.261. The van der Waals surface area contributed by atoms with Crippen LogP contribution in [0.3, 0.4) is 0 Å². The van der Waals surface area contributed by atoms with E-state index < -0.39 is 10.8 Å². The first-order chi connectivity index (χ1) is 14.4. The maximum atomic E-state index is 12.9. The molecule has 4 rings (SSSR count). The fourth-order valence-electron chi connectivity index (χ4n) is 3.39. The van der Waals surface area contributed by atoms with Crippen molar-refractivity contribution in [1.82, 2.24) is 0 Å². The van der Waals surface area contributed by atoms with Crippen molar-refractivity contribution in [3.05, 3.63) is 99.6 Å². The molecule has 0 saturated heterocycles. The highest BCUT2D eigenvalue weighted by Crippen LogP contribution is 2.38. The number of aliphatic imine (C=N–C) groups is 1. The van der Waals surface area contributed by atoms with Crippen LogP contribution in [0.5, 0.6) is 0 Å². The second-order valence-electron chi connectivity index (χ2n) is 6.77. The number of amidine groups is 1. The topological polar surface area (TPSA) is 134 Å². The number of nitro groups is 1. The number of amides is 1. The molecular formula is C22H17N5O3. The molecule has 4 N–H and O–H groups in total. The molecule has 1 aliphatic heterocycles. The number of nitrogens with one attached hydrogen (secondary N) is 2. The molecule has 148 valence electrons. The van der Waals surface area contributed by atoms with Crippen LogP contribution < -0.4 is 11.1 Å². The first-order valence-corrected chi connectivity index (χ1v) is 9.11. The Morgan fingerprint density at radius 3 is 2.37 bits per heavy atom. The first kappa shape index (κ1) is 19.0. The molecule has 3 aromatic rings. The lowest BCUT2D eigenvalue weighted by Crippen LogP contribution is -2.22. The summed E-state index contributed by atoms with van der Waals surface area (Å²) in [4.78, 5) is 28.3. The van der Waals surface area contributed by atoms with Gasteiger partial charge >= 0.3 is 0 Å². The zero-order valence-electron chi connectivity index (χ0n) is 15.7. The zero-order valence-corrected chi connectivity index (χ0v) is 15.7. The molecule has 1 unspecified atom stereocenters. The van der Waals surface area contributed by atoms with Gasteiger partial charge in [-0.2, -0.15) is 0 Å². The van der Waals surface area contributed by atoms with Crippen LogP contribution >= 0.6 is 0 Å². The van der Waals surface area contributed by atoms with E-state index in [0.717, 1.165) is 5.56 Å². The Bertz CT molecular complexity index is 1190. The maximum absolute atomic E-state index is 12.9. The van der Waals surface area contributed by atoms with Gasteiger partial charge in [0.25, 0.3) is 5.69 Å². The summed E-state index contributed by atoms with van der Waals surface area (Å²) in [6.07, 6.45) is 0. The van der Waals surface area contributed by atoms with Gasteiger partial charge in [0.05, 0.1) is 16.3 Å². The summed E-state index contributed by atoms with van der Waals surface area (Å²) in [5.74, 6) is -1.14. The molecule has 1 aliphatic rings. The molecule has 0 radical (unpaired) electrons. The molecule has 1 heterocycles. The van der Waals surface area contributed by atoms with Crippen molar-refractivity contribution >= 4 is 34.5 Å². The third-order valence-corrected chi connectivity index (χ3v) is 4.85. The number of nitrogens with two attached hydrogens (primary N) is 1. The smallest absolute Gasteiger partial charge is 0.269 e. The highest BCUT2D eigenvalue weighted by Gasteiger charge is 2.36. The molecule has 0 bridgehead atoms. The van der Waals surface area contributed by atoms with Gasteiger partial charge in [-0.15, -0.1) is 0 Å². The van der Waals surface area contributed by atoms with E-state index in [1.54, 1.807) is 24.3 Å². The van der Waals surface area contributed by atoms with Crippen LogP contribution in [-0.4, -0.2) is 22.4 Å². The van der Waals surface area contributed by atoms with Crippen LogP contribution in [0.2, 0.25) is 0 Å². The normalized spacial score (nSPS) is 15.4. The summed E-state index contributed by atoms with van der Waals surface area (Å²) in [5.41, 5.74) is 8.80. The lowest BCUT2D eigenvalue weighted by molar-refractivity contribution is -0.384. The molecule has 8 nitrogen and oxygen atoms in total. The largest absolute Gasteiger partial charge is 0.384 e. The Balaban J connectivity index is 1.86. The number of nitrogen functional groups attached to an aromatic ring is 1. The van der Waals surface area contributed by atoms with E-state index >= 15 is 0 Å². The number of rotatable bonds is 5. The van der Waals surface area contributed by atoms with Crippen molar-refractivity contribution < 1.29 is 9.72 Å². The fraction of sp³-hybridized carbons (Fsp3) is 0.0455. The average molecular weight is 399 g/mol. The molecular weight excluding hydrogens is 382 g/mol. The predicted molar refractivity (Wildman–Crippen MR) is 115 cm³/mol. The summed E-state index contributed by atoms with van der Waals surface area (Å²) in [6, 6.07) is 20.3. The Labute approximate surface area is 171 Å². The van der Waals surface area contributed by atoms with Crippen LogP contribution in [0.25, 0.3) is 0 Å². The molecule has 8 heteroatoms. The van der Waals surface area contributed by atoms with Crippen LogP contribution in [-0.2, 0) is 4.79 Å². The molecule has 0 aliphatic carbocycles. The minimum absolute atomic E-state index is 0.0507. The number of hydrogen-bond donors (Lipinski definition) is 3. The van der Waals surface area contributed by atoms with Gasteiger partial charge in [-0.3, -0.25) is 25.3 Å². The average Bonchev–Trinajstić information content (AvgIpc) is 3.07. The van der Waals surface area contributed by atoms with Gasteiger partial charge in [0.1, 0.15) is 11.8 Å². The van der Waals surface area contributed by atoms with Gasteiger partial charge in [-0.05, 0) is 35.9 Å². The van der Waals surface area contributed by atoms with Gasteiger partial charge in [-0.25, -0.2) is 0 Å². The lowest BCUT2D eigenvalue weighted by atomic mass is 9.90. The summed E-state index contributed by atoms with van der Waals surface area (Å²) < 4.78 is 0. The summed E-state index contributed by atoms with van der Waals surface area (Å²) in [6.45, 7) is 0. The number of nitrogens with zero attached hydrogens (tertiary/aromatic N) is 2. The Kier molecular flexibility index (Phi) is 4.81. The summed E-state index contributed by atoms with van der Waals surface area (Å²) >= 11 is 0. The van der Waals surface area contributed by atoms with E-state index in [0.29, 0.717) is 28.2 Å². The van der Waals surface area contributed by atoms with E-state index in [4.69, 9.17) is 16.1 Å². The zero-order chi connectivity index (χ0) is 21.3. The van der Waals surface area contributed by atoms with Crippen molar-refractivity contribution in [3.8, 4) is 0 Å². The number of nitro benzene ring substituents is 1. The molecule has 1 amide bonds. The fourth-order valence-corrected chi connectivity index (χ4v) is 3.39. The SMILES string of the molecule is N=C(N)c1ccc(N=C(c2ccccc2)C2C(=O)Nc3ccc([N+](=O)[O-])cc32)cc1. The number of carbonyl (C=O) groups is 1. The molecule has 0 aromatic heterocycles. The van der Waals surface area contributed by atoms with E-state index in [2.05, 4.69) is 5.32 Å². The molecule has 0 saturated carbocycles. The number of fused-ring (bicyclic) bond motifs is 1. The number of non-ortho nitro benzene ring substituents is 1. The van der Waals surface area contributed by atoms with Crippen molar-refractivity contribution in [1.29, 1.82) is 5.41 Å². The minimum Gasteiger partial charge on any atom is -0.384 e. The Morgan fingerprint density at radius 1 is 1.03 bits per heavy atom. The number of hydrogen-bond acceptors (Lipinski definition) is 5. The third kappa shape index (κ3) is 3.53. The van der Waals surface area contributed by atoms with E-state index in [1.165, 1.54) is 18.2 Å². The number of anilines is 1. The second-order valence-corrected chi connectivity index (χ2v) is 6.77. The maximum Gasteiger partial charge on any atom is 0.269 e. The second kappa shape index (κ2) is 7.59. The molecule has 30 heavy (non-hydrogen) atoms. The standard InChI is InChI=1S/C22H17N5O3/c23-21(24)14-6-8-15(9-7-14)25-20(13-4-2-1-3-5-13)19-17-12-16(27(29)30)10-11-18(17)26-22(19)28/h1-12,19H,(H3,23,24)(H,26,28). The van der Waals surface area contributed by atoms with Gasteiger partial charge in [-0.1, -0.05) is 30.3 Å². The van der Waals surface area contributed by atoms with Gasteiger partial charge in [0.15, 0.2) is 0 Å². The number of carbonyl (C=O) groups excluding carboxylic acids is 1. The minimum atomic E-state index is -0.796. The van der Waals surface area contributed by atoms with Crippen molar-refractivity contribution in [3.63, 3.8) is 0 Å². The predicted octanol–water partition coefficient (Wildman–Crippen LogP) is 3.74. The van der Waals surface area contributed by atoms with Crippen LogP contribution in [0.4, 0.5) is 17.1 Å². The van der Waals surface area contributed by atoms with E-state index in [-0.39, 0.29) is 17.4 Å².